The molecule has 0 fully saturated rings. The second-order valence-corrected chi connectivity index (χ2v) is 8.24. The monoisotopic (exact) mass is 477 g/mol. The minimum Gasteiger partial charge on any atom is -0.481 e. The first-order valence-corrected chi connectivity index (χ1v) is 11.3. The van der Waals surface area contributed by atoms with Crippen LogP contribution in [0.5, 0.6) is 5.75 Å². The second-order valence-electron chi connectivity index (χ2n) is 7.81. The van der Waals surface area contributed by atoms with Crippen molar-refractivity contribution in [1.29, 1.82) is 0 Å². The van der Waals surface area contributed by atoms with Gasteiger partial charge in [-0.15, -0.1) is 0 Å². The van der Waals surface area contributed by atoms with Gasteiger partial charge in [0, 0.05) is 23.0 Å². The summed E-state index contributed by atoms with van der Waals surface area (Å²) in [6.45, 7) is 0.210. The van der Waals surface area contributed by atoms with Crippen molar-refractivity contribution in [3.8, 4) is 16.9 Å². The number of amides is 1. The summed E-state index contributed by atoms with van der Waals surface area (Å²) >= 11 is 5.97. The molecule has 174 valence electrons. The maximum Gasteiger partial charge on any atom is 0.407 e. The molecule has 0 spiro atoms. The molecule has 0 heterocycles. The maximum atomic E-state index is 12.2. The summed E-state index contributed by atoms with van der Waals surface area (Å²) in [6, 6.07) is 21.4. The Balaban J connectivity index is 1.27. The van der Waals surface area contributed by atoms with Gasteiger partial charge >= 0.3 is 12.1 Å². The summed E-state index contributed by atoms with van der Waals surface area (Å²) in [5.74, 6) is -0.662. The summed E-state index contributed by atoms with van der Waals surface area (Å²) in [6.07, 6.45) is 3.76. The number of aliphatic carboxylic acids is 1. The van der Waals surface area contributed by atoms with Crippen molar-refractivity contribution in [1.82, 2.24) is 5.32 Å². The number of carbonyl (C=O) groups excluding carboxylic acids is 1. The minimum absolute atomic E-state index is 0.0205. The summed E-state index contributed by atoms with van der Waals surface area (Å²) in [5, 5.41) is 12.0. The minimum atomic E-state index is -1.07. The molecule has 1 aliphatic carbocycles. The van der Waals surface area contributed by atoms with Gasteiger partial charge in [-0.1, -0.05) is 72.3 Å². The Labute approximate surface area is 202 Å². The van der Waals surface area contributed by atoms with E-state index in [0.717, 1.165) is 0 Å². The van der Waals surface area contributed by atoms with Crippen LogP contribution in [-0.2, 0) is 9.53 Å². The Morgan fingerprint density at radius 1 is 1.00 bits per heavy atom. The maximum absolute atomic E-state index is 12.2. The Morgan fingerprint density at radius 2 is 1.68 bits per heavy atom. The van der Waals surface area contributed by atoms with Crippen LogP contribution in [0.4, 0.5) is 4.79 Å². The smallest absolute Gasteiger partial charge is 0.407 e. The Morgan fingerprint density at radius 3 is 2.35 bits per heavy atom. The van der Waals surface area contributed by atoms with E-state index in [1.54, 1.807) is 24.3 Å². The van der Waals surface area contributed by atoms with Crippen molar-refractivity contribution in [3.63, 3.8) is 0 Å². The number of benzene rings is 3. The number of fused-ring (bicyclic) bond motifs is 3. The summed E-state index contributed by atoms with van der Waals surface area (Å²) in [4.78, 5) is 23.0. The molecule has 0 aliphatic heterocycles. The van der Waals surface area contributed by atoms with Gasteiger partial charge in [0.1, 0.15) is 12.4 Å². The van der Waals surface area contributed by atoms with E-state index >= 15 is 0 Å². The van der Waals surface area contributed by atoms with E-state index in [4.69, 9.17) is 26.2 Å². The average Bonchev–Trinajstić information content (AvgIpc) is 3.16. The number of alkyl carbamates (subject to hydrolysis) is 1. The topological polar surface area (TPSA) is 84.9 Å². The molecule has 4 rings (SSSR count). The van der Waals surface area contributed by atoms with E-state index in [2.05, 4.69) is 29.6 Å². The SMILES string of the molecule is O=C(O)COc1cc(Cl)ccc1C=CCCNC(=O)OCC1c2ccccc2-c2ccccc21. The van der Waals surface area contributed by atoms with Crippen molar-refractivity contribution in [2.24, 2.45) is 0 Å². The summed E-state index contributed by atoms with van der Waals surface area (Å²) in [7, 11) is 0. The largest absolute Gasteiger partial charge is 0.481 e. The lowest BCUT2D eigenvalue weighted by Crippen LogP contribution is -2.26. The molecule has 7 heteroatoms. The van der Waals surface area contributed by atoms with Crippen LogP contribution in [0.25, 0.3) is 17.2 Å². The Bertz CT molecular complexity index is 1180. The fourth-order valence-electron chi connectivity index (χ4n) is 4.03. The van der Waals surface area contributed by atoms with E-state index in [9.17, 15) is 9.59 Å². The lowest BCUT2D eigenvalue weighted by molar-refractivity contribution is -0.139. The van der Waals surface area contributed by atoms with Gasteiger partial charge in [0.2, 0.25) is 0 Å². The third kappa shape index (κ3) is 5.58. The van der Waals surface area contributed by atoms with Crippen molar-refractivity contribution in [3.05, 3.63) is 94.5 Å². The first-order valence-electron chi connectivity index (χ1n) is 10.9. The molecule has 0 saturated carbocycles. The molecule has 0 saturated heterocycles. The quantitative estimate of drug-likeness (QED) is 0.383. The average molecular weight is 478 g/mol. The molecule has 2 N–H and O–H groups in total. The lowest BCUT2D eigenvalue weighted by atomic mass is 9.98. The highest BCUT2D eigenvalue weighted by molar-refractivity contribution is 6.30. The number of rotatable bonds is 9. The van der Waals surface area contributed by atoms with Crippen LogP contribution in [0, 0.1) is 0 Å². The van der Waals surface area contributed by atoms with Crippen molar-refractivity contribution >= 4 is 29.7 Å². The van der Waals surface area contributed by atoms with Crippen molar-refractivity contribution in [2.75, 3.05) is 19.8 Å². The molecular formula is C27H24ClNO5. The number of nitrogens with one attached hydrogen (secondary N) is 1. The van der Waals surface area contributed by atoms with Gasteiger partial charge in [-0.3, -0.25) is 0 Å². The molecule has 3 aromatic carbocycles. The number of carboxylic acid groups (broad SMARTS) is 1. The number of hydrogen-bond donors (Lipinski definition) is 2. The number of carbonyl (C=O) groups is 2. The van der Waals surface area contributed by atoms with Gasteiger partial charge in [0.15, 0.2) is 6.61 Å². The van der Waals surface area contributed by atoms with E-state index in [-0.39, 0.29) is 12.5 Å². The fourth-order valence-corrected chi connectivity index (χ4v) is 4.19. The van der Waals surface area contributed by atoms with Crippen LogP contribution in [-0.4, -0.2) is 36.9 Å². The highest BCUT2D eigenvalue weighted by Crippen LogP contribution is 2.44. The zero-order chi connectivity index (χ0) is 23.9. The van der Waals surface area contributed by atoms with Gasteiger partial charge < -0.3 is 19.9 Å². The predicted octanol–water partition coefficient (Wildman–Crippen LogP) is 5.75. The first kappa shape index (κ1) is 23.4. The number of hydrogen-bond acceptors (Lipinski definition) is 4. The number of ether oxygens (including phenoxy) is 2. The predicted molar refractivity (Wildman–Crippen MR) is 131 cm³/mol. The molecule has 0 radical (unpaired) electrons. The van der Waals surface area contributed by atoms with E-state index in [1.807, 2.05) is 30.3 Å². The van der Waals surface area contributed by atoms with E-state index in [1.165, 1.54) is 22.3 Å². The summed E-state index contributed by atoms with van der Waals surface area (Å²) in [5.41, 5.74) is 5.41. The Kier molecular flexibility index (Phi) is 7.50. The van der Waals surface area contributed by atoms with Crippen LogP contribution >= 0.6 is 11.6 Å². The first-order chi connectivity index (χ1) is 16.5. The molecule has 3 aromatic rings. The highest BCUT2D eigenvalue weighted by Gasteiger charge is 2.28. The standard InChI is InChI=1S/C27H24ClNO5/c28-19-13-12-18(25(15-19)33-17-26(30)31)7-5-6-14-29-27(32)34-16-24-22-10-3-1-8-20(22)21-9-2-4-11-23(21)24/h1-5,7-13,15,24H,6,14,16-17H2,(H,29,32)(H,30,31). The zero-order valence-corrected chi connectivity index (χ0v) is 19.1. The van der Waals surface area contributed by atoms with Crippen molar-refractivity contribution in [2.45, 2.75) is 12.3 Å². The lowest BCUT2D eigenvalue weighted by Gasteiger charge is -2.14. The van der Waals surface area contributed by atoms with Gasteiger partial charge in [-0.2, -0.15) is 0 Å². The van der Waals surface area contributed by atoms with Gasteiger partial charge in [-0.25, -0.2) is 9.59 Å². The van der Waals surface area contributed by atoms with Crippen LogP contribution in [0.15, 0.2) is 72.8 Å². The molecule has 34 heavy (non-hydrogen) atoms. The molecule has 1 amide bonds. The Hall–Kier alpha value is -3.77. The normalized spacial score (nSPS) is 12.3. The number of halogens is 1. The van der Waals surface area contributed by atoms with Crippen LogP contribution in [0.1, 0.15) is 29.0 Å². The summed E-state index contributed by atoms with van der Waals surface area (Å²) < 4.78 is 10.8. The fraction of sp³-hybridized carbons (Fsp3) is 0.185. The molecular weight excluding hydrogens is 454 g/mol. The van der Waals surface area contributed by atoms with Gasteiger partial charge in [-0.05, 0) is 46.9 Å². The number of carboxylic acids is 1. The third-order valence-electron chi connectivity index (χ3n) is 5.55. The van der Waals surface area contributed by atoms with Crippen LogP contribution < -0.4 is 10.1 Å². The molecule has 0 unspecified atom stereocenters. The molecule has 0 atom stereocenters. The molecule has 6 nitrogen and oxygen atoms in total. The zero-order valence-electron chi connectivity index (χ0n) is 18.4. The van der Waals surface area contributed by atoms with Gasteiger partial charge in [0.05, 0.1) is 0 Å². The van der Waals surface area contributed by atoms with E-state index < -0.39 is 18.7 Å². The highest BCUT2D eigenvalue weighted by atomic mass is 35.5. The van der Waals surface area contributed by atoms with Crippen LogP contribution in [0.3, 0.4) is 0 Å². The molecule has 1 aliphatic rings. The molecule has 0 bridgehead atoms. The second kappa shape index (κ2) is 10.9. The van der Waals surface area contributed by atoms with Crippen LogP contribution in [0.2, 0.25) is 5.02 Å². The van der Waals surface area contributed by atoms with E-state index in [0.29, 0.717) is 29.3 Å². The third-order valence-corrected chi connectivity index (χ3v) is 5.78. The van der Waals surface area contributed by atoms with Crippen molar-refractivity contribution < 1.29 is 24.2 Å². The van der Waals surface area contributed by atoms with Gasteiger partial charge in [0.25, 0.3) is 0 Å². The molecule has 0 aromatic heterocycles.